The molecule has 12 heteroatoms. The normalized spacial score (nSPS) is 15.1. The van der Waals surface area contributed by atoms with Gasteiger partial charge in [-0.15, -0.1) is 11.3 Å². The Morgan fingerprint density at radius 3 is 2.66 bits per heavy atom. The van der Waals surface area contributed by atoms with Gasteiger partial charge in [-0.2, -0.15) is 13.2 Å². The van der Waals surface area contributed by atoms with Gasteiger partial charge in [0.2, 0.25) is 5.91 Å². The highest BCUT2D eigenvalue weighted by Gasteiger charge is 2.34. The van der Waals surface area contributed by atoms with E-state index in [-0.39, 0.29) is 29.1 Å². The smallest absolute Gasteiger partial charge is 0.419 e. The first-order valence-electron chi connectivity index (χ1n) is 14.3. The summed E-state index contributed by atoms with van der Waals surface area (Å²) in [5, 5.41) is 5.40. The SMILES string of the molecule is C/C=C(\N/C(CC)=N/c1ncc(Sc2ccnc3ccsc23)cc1Oc1ccccc1C(F)(F)F)C1CCN(C(C)=O)CC1. The van der Waals surface area contributed by atoms with Crippen LogP contribution in [0.15, 0.2) is 86.8 Å². The number of amidine groups is 1. The molecule has 230 valence electrons. The van der Waals surface area contributed by atoms with Gasteiger partial charge in [-0.05, 0) is 49.4 Å². The first-order valence-corrected chi connectivity index (χ1v) is 16.0. The molecule has 0 saturated carbocycles. The van der Waals surface area contributed by atoms with E-state index < -0.39 is 11.7 Å². The third kappa shape index (κ3) is 7.41. The van der Waals surface area contributed by atoms with Crippen LogP contribution in [0.5, 0.6) is 11.5 Å². The molecule has 3 aromatic heterocycles. The molecule has 1 fully saturated rings. The number of alkyl halides is 3. The molecule has 4 heterocycles. The van der Waals surface area contributed by atoms with Crippen LogP contribution in [-0.4, -0.2) is 39.7 Å². The molecule has 1 aromatic carbocycles. The molecule has 1 aliphatic heterocycles. The zero-order valence-corrected chi connectivity index (χ0v) is 26.2. The number of allylic oxidation sites excluding steroid dienone is 2. The van der Waals surface area contributed by atoms with Crippen LogP contribution in [0.2, 0.25) is 0 Å². The summed E-state index contributed by atoms with van der Waals surface area (Å²) in [4.78, 5) is 29.0. The maximum Gasteiger partial charge on any atom is 0.419 e. The Kier molecular flexibility index (Phi) is 9.90. The molecule has 1 amide bonds. The average Bonchev–Trinajstić information content (AvgIpc) is 3.50. The number of likely N-dealkylation sites (tertiary alicyclic amines) is 1. The van der Waals surface area contributed by atoms with Crippen LogP contribution in [0, 0.1) is 5.92 Å². The van der Waals surface area contributed by atoms with E-state index in [2.05, 4.69) is 15.3 Å². The van der Waals surface area contributed by atoms with Crippen LogP contribution in [0.1, 0.15) is 45.6 Å². The van der Waals surface area contributed by atoms with E-state index in [1.165, 1.54) is 30.0 Å². The Hall–Kier alpha value is -3.90. The highest BCUT2D eigenvalue weighted by atomic mass is 32.2. The van der Waals surface area contributed by atoms with Gasteiger partial charge in [-0.25, -0.2) is 9.98 Å². The molecule has 0 aliphatic carbocycles. The van der Waals surface area contributed by atoms with Gasteiger partial charge >= 0.3 is 6.18 Å². The number of para-hydroxylation sites is 1. The molecular weight excluding hydrogens is 608 g/mol. The molecule has 5 rings (SSSR count). The highest BCUT2D eigenvalue weighted by molar-refractivity contribution is 7.99. The van der Waals surface area contributed by atoms with Crippen molar-refractivity contribution in [1.82, 2.24) is 20.2 Å². The number of nitrogens with zero attached hydrogens (tertiary/aromatic N) is 4. The molecule has 1 aliphatic rings. The number of carbonyl (C=O) groups is 1. The van der Waals surface area contributed by atoms with Crippen molar-refractivity contribution in [3.8, 4) is 11.5 Å². The summed E-state index contributed by atoms with van der Waals surface area (Å²) in [7, 11) is 0. The van der Waals surface area contributed by atoms with Gasteiger partial charge in [0.25, 0.3) is 0 Å². The van der Waals surface area contributed by atoms with Crippen LogP contribution in [0.25, 0.3) is 10.2 Å². The van der Waals surface area contributed by atoms with Crippen molar-refractivity contribution < 1.29 is 22.7 Å². The van der Waals surface area contributed by atoms with E-state index in [0.29, 0.717) is 30.2 Å². The van der Waals surface area contributed by atoms with Gasteiger partial charge in [0.1, 0.15) is 11.6 Å². The number of carbonyl (C=O) groups excluding carboxylic acids is 1. The van der Waals surface area contributed by atoms with Gasteiger partial charge in [0.05, 0.1) is 15.8 Å². The molecule has 1 saturated heterocycles. The van der Waals surface area contributed by atoms with Crippen molar-refractivity contribution in [2.75, 3.05) is 13.1 Å². The molecule has 44 heavy (non-hydrogen) atoms. The lowest BCUT2D eigenvalue weighted by atomic mass is 9.93. The number of ether oxygens (including phenoxy) is 1. The monoisotopic (exact) mass is 639 g/mol. The summed E-state index contributed by atoms with van der Waals surface area (Å²) in [6.07, 6.45) is 2.94. The molecule has 0 spiro atoms. The van der Waals surface area contributed by atoms with Gasteiger partial charge < -0.3 is 15.0 Å². The third-order valence-corrected chi connectivity index (χ3v) is 9.40. The summed E-state index contributed by atoms with van der Waals surface area (Å²) < 4.78 is 48.5. The Balaban J connectivity index is 1.47. The van der Waals surface area contributed by atoms with Gasteiger partial charge in [-0.1, -0.05) is 36.9 Å². The van der Waals surface area contributed by atoms with E-state index in [4.69, 9.17) is 9.73 Å². The topological polar surface area (TPSA) is 79.7 Å². The van der Waals surface area contributed by atoms with Crippen LogP contribution in [0.3, 0.4) is 0 Å². The van der Waals surface area contributed by atoms with Crippen molar-refractivity contribution >= 4 is 50.9 Å². The van der Waals surface area contributed by atoms with Crippen molar-refractivity contribution in [3.05, 3.63) is 77.6 Å². The summed E-state index contributed by atoms with van der Waals surface area (Å²) in [5.74, 6) is 0.834. The molecule has 0 unspecified atom stereocenters. The average molecular weight is 640 g/mol. The Morgan fingerprint density at radius 1 is 1.18 bits per heavy atom. The maximum absolute atomic E-state index is 13.9. The lowest BCUT2D eigenvalue weighted by molar-refractivity contribution is -0.138. The number of pyridine rings is 2. The summed E-state index contributed by atoms with van der Waals surface area (Å²) >= 11 is 2.99. The molecule has 0 radical (unpaired) electrons. The lowest BCUT2D eigenvalue weighted by Gasteiger charge is -2.33. The van der Waals surface area contributed by atoms with Crippen molar-refractivity contribution in [3.63, 3.8) is 0 Å². The number of aliphatic imine (C=N–C) groups is 1. The van der Waals surface area contributed by atoms with E-state index in [1.54, 1.807) is 36.7 Å². The largest absolute Gasteiger partial charge is 0.453 e. The molecule has 4 aromatic rings. The van der Waals surface area contributed by atoms with Gasteiger partial charge in [-0.3, -0.25) is 9.78 Å². The predicted octanol–water partition coefficient (Wildman–Crippen LogP) is 8.85. The molecule has 0 atom stereocenters. The molecule has 0 bridgehead atoms. The lowest BCUT2D eigenvalue weighted by Crippen LogP contribution is -2.39. The second-order valence-corrected chi connectivity index (χ2v) is 12.2. The predicted molar refractivity (Wildman–Crippen MR) is 169 cm³/mol. The molecule has 1 N–H and O–H groups in total. The number of benzene rings is 1. The second-order valence-electron chi connectivity index (χ2n) is 10.2. The fourth-order valence-electron chi connectivity index (χ4n) is 5.00. The molecule has 7 nitrogen and oxygen atoms in total. The van der Waals surface area contributed by atoms with Crippen molar-refractivity contribution in [2.24, 2.45) is 10.9 Å². The number of amides is 1. The Morgan fingerprint density at radius 2 is 1.95 bits per heavy atom. The number of nitrogens with one attached hydrogen (secondary N) is 1. The number of halogens is 3. The minimum absolute atomic E-state index is 0.0743. The van der Waals surface area contributed by atoms with E-state index in [9.17, 15) is 18.0 Å². The Labute approximate surface area is 262 Å². The van der Waals surface area contributed by atoms with Crippen LogP contribution < -0.4 is 10.1 Å². The number of piperidine rings is 1. The summed E-state index contributed by atoms with van der Waals surface area (Å²) in [6, 6.07) is 10.6. The van der Waals surface area contributed by atoms with Crippen LogP contribution in [0.4, 0.5) is 19.0 Å². The quantitative estimate of drug-likeness (QED) is 0.153. The summed E-state index contributed by atoms with van der Waals surface area (Å²) in [6.45, 7) is 6.84. The first kappa shape index (κ1) is 31.5. The van der Waals surface area contributed by atoms with Gasteiger partial charge in [0, 0.05) is 66.3 Å². The van der Waals surface area contributed by atoms with E-state index >= 15 is 0 Å². The third-order valence-electron chi connectivity index (χ3n) is 7.31. The van der Waals surface area contributed by atoms with Gasteiger partial charge in [0.15, 0.2) is 11.6 Å². The van der Waals surface area contributed by atoms with Crippen molar-refractivity contribution in [2.45, 2.75) is 56.0 Å². The summed E-state index contributed by atoms with van der Waals surface area (Å²) in [5.41, 5.74) is 0.975. The number of thiophene rings is 1. The fraction of sp³-hybridized carbons (Fsp3) is 0.312. The molecular formula is C32H32F3N5O2S2. The standard InChI is InChI=1S/C32H32F3N5O2S2/c1-4-24(21-11-15-40(16-12-21)20(3)41)38-29(5-2)39-31-27(42-26-9-7-6-8-23(26)32(33,34)35)18-22(19-37-31)44-28-10-14-36-25-13-17-43-30(25)28/h4,6-10,13-14,17-19,21H,5,11-12,15-16H2,1-3H3,(H,37,38,39)/b24-4-. The van der Waals surface area contributed by atoms with Crippen molar-refractivity contribution in [1.29, 1.82) is 0 Å². The number of hydrogen-bond acceptors (Lipinski definition) is 7. The van der Waals surface area contributed by atoms with Crippen LogP contribution >= 0.6 is 23.1 Å². The minimum atomic E-state index is -4.60. The Bertz CT molecular complexity index is 1690. The number of rotatable bonds is 8. The van der Waals surface area contributed by atoms with E-state index in [1.807, 2.05) is 42.3 Å². The highest BCUT2D eigenvalue weighted by Crippen LogP contribution is 2.42. The second kappa shape index (κ2) is 13.8. The number of hydrogen-bond donors (Lipinski definition) is 1. The zero-order valence-electron chi connectivity index (χ0n) is 24.5. The maximum atomic E-state index is 13.9. The number of aromatic nitrogens is 2. The first-order chi connectivity index (χ1) is 21.2. The zero-order chi connectivity index (χ0) is 31.3. The van der Waals surface area contributed by atoms with Crippen LogP contribution in [-0.2, 0) is 11.0 Å². The minimum Gasteiger partial charge on any atom is -0.453 e. The van der Waals surface area contributed by atoms with E-state index in [0.717, 1.165) is 39.7 Å². The fourth-order valence-corrected chi connectivity index (χ4v) is 6.88. The number of fused-ring (bicyclic) bond motifs is 1.